The van der Waals surface area contributed by atoms with Gasteiger partial charge in [-0.1, -0.05) is 40.5 Å². The standard InChI is InChI=1S/C21H13Cl2NO3/c22-15-5-1-13(2-6-15)11-19-18-10-9-17(12-20(18)27-24-19)26-21(25)14-3-7-16(23)8-4-14/h1-10,12H,11H2. The summed E-state index contributed by atoms with van der Waals surface area (Å²) < 4.78 is 10.8. The van der Waals surface area contributed by atoms with Gasteiger partial charge < -0.3 is 9.26 Å². The van der Waals surface area contributed by atoms with E-state index in [2.05, 4.69) is 5.16 Å². The van der Waals surface area contributed by atoms with Crippen molar-refractivity contribution in [1.29, 1.82) is 0 Å². The number of nitrogens with zero attached hydrogens (tertiary/aromatic N) is 1. The van der Waals surface area contributed by atoms with Crippen molar-refractivity contribution in [2.24, 2.45) is 0 Å². The molecule has 27 heavy (non-hydrogen) atoms. The second-order valence-corrected chi connectivity index (χ2v) is 6.86. The van der Waals surface area contributed by atoms with Crippen molar-refractivity contribution < 1.29 is 14.1 Å². The van der Waals surface area contributed by atoms with E-state index >= 15 is 0 Å². The Balaban J connectivity index is 1.54. The third kappa shape index (κ3) is 3.97. The number of fused-ring (bicyclic) bond motifs is 1. The van der Waals surface area contributed by atoms with E-state index in [-0.39, 0.29) is 0 Å². The molecule has 0 unspecified atom stereocenters. The molecule has 0 saturated heterocycles. The summed E-state index contributed by atoms with van der Waals surface area (Å²) in [7, 11) is 0. The zero-order valence-electron chi connectivity index (χ0n) is 14.0. The van der Waals surface area contributed by atoms with Gasteiger partial charge in [0.2, 0.25) is 0 Å². The number of carbonyl (C=O) groups is 1. The van der Waals surface area contributed by atoms with Crippen molar-refractivity contribution >= 4 is 40.1 Å². The molecule has 134 valence electrons. The summed E-state index contributed by atoms with van der Waals surface area (Å²) in [4.78, 5) is 12.2. The summed E-state index contributed by atoms with van der Waals surface area (Å²) in [5, 5.41) is 6.26. The molecule has 0 N–H and O–H groups in total. The summed E-state index contributed by atoms with van der Waals surface area (Å²) in [6.45, 7) is 0. The highest BCUT2D eigenvalue weighted by Gasteiger charge is 2.13. The average molecular weight is 398 g/mol. The van der Waals surface area contributed by atoms with Crippen molar-refractivity contribution in [3.63, 3.8) is 0 Å². The first-order chi connectivity index (χ1) is 13.1. The lowest BCUT2D eigenvalue weighted by Crippen LogP contribution is -2.08. The number of hydrogen-bond donors (Lipinski definition) is 0. The Morgan fingerprint density at radius 3 is 2.30 bits per heavy atom. The molecule has 0 aliphatic heterocycles. The van der Waals surface area contributed by atoms with Crippen molar-refractivity contribution in [3.8, 4) is 5.75 Å². The van der Waals surface area contributed by atoms with Crippen LogP contribution in [0, 0.1) is 0 Å². The zero-order valence-corrected chi connectivity index (χ0v) is 15.5. The average Bonchev–Trinajstić information content (AvgIpc) is 3.06. The summed E-state index contributed by atoms with van der Waals surface area (Å²) in [6.07, 6.45) is 0.619. The normalized spacial score (nSPS) is 10.9. The number of esters is 1. The van der Waals surface area contributed by atoms with Crippen LogP contribution in [0.15, 0.2) is 71.3 Å². The lowest BCUT2D eigenvalue weighted by Gasteiger charge is -2.04. The van der Waals surface area contributed by atoms with Gasteiger partial charge in [0, 0.05) is 27.9 Å². The molecule has 1 aromatic heterocycles. The molecule has 0 aliphatic rings. The van der Waals surface area contributed by atoms with E-state index in [1.165, 1.54) is 0 Å². The van der Waals surface area contributed by atoms with Gasteiger partial charge in [-0.15, -0.1) is 0 Å². The topological polar surface area (TPSA) is 52.3 Å². The molecule has 4 rings (SSSR count). The number of carbonyl (C=O) groups excluding carboxylic acids is 1. The minimum absolute atomic E-state index is 0.386. The van der Waals surface area contributed by atoms with Crippen LogP contribution in [0.1, 0.15) is 21.6 Å². The van der Waals surface area contributed by atoms with E-state index in [9.17, 15) is 4.79 Å². The number of aromatic nitrogens is 1. The van der Waals surface area contributed by atoms with Crippen LogP contribution in [0.4, 0.5) is 0 Å². The highest BCUT2D eigenvalue weighted by molar-refractivity contribution is 6.30. The smallest absolute Gasteiger partial charge is 0.343 e. The van der Waals surface area contributed by atoms with Gasteiger partial charge in [0.05, 0.1) is 11.3 Å². The van der Waals surface area contributed by atoms with Crippen molar-refractivity contribution in [3.05, 3.63) is 93.6 Å². The van der Waals surface area contributed by atoms with Crippen LogP contribution >= 0.6 is 23.2 Å². The van der Waals surface area contributed by atoms with Gasteiger partial charge in [0.15, 0.2) is 5.58 Å². The van der Waals surface area contributed by atoms with Crippen LogP contribution in [0.5, 0.6) is 5.75 Å². The monoisotopic (exact) mass is 397 g/mol. The number of hydrogen-bond acceptors (Lipinski definition) is 4. The third-order valence-electron chi connectivity index (χ3n) is 4.09. The fraction of sp³-hybridized carbons (Fsp3) is 0.0476. The molecule has 4 aromatic rings. The predicted molar refractivity (Wildman–Crippen MR) is 105 cm³/mol. The van der Waals surface area contributed by atoms with Gasteiger partial charge in [-0.2, -0.15) is 0 Å². The fourth-order valence-corrected chi connectivity index (χ4v) is 2.96. The van der Waals surface area contributed by atoms with E-state index in [0.717, 1.165) is 16.6 Å². The van der Waals surface area contributed by atoms with Crippen LogP contribution < -0.4 is 4.74 Å². The Labute approximate surface area is 165 Å². The summed E-state index contributed by atoms with van der Waals surface area (Å²) in [5.74, 6) is -0.0800. The van der Waals surface area contributed by atoms with Crippen LogP contribution in [0.2, 0.25) is 10.0 Å². The van der Waals surface area contributed by atoms with E-state index in [1.54, 1.807) is 36.4 Å². The summed E-state index contributed by atoms with van der Waals surface area (Å²) in [5.41, 5.74) is 2.86. The van der Waals surface area contributed by atoms with E-state index < -0.39 is 5.97 Å². The molecule has 0 aliphatic carbocycles. The number of benzene rings is 3. The molecule has 3 aromatic carbocycles. The second kappa shape index (κ2) is 7.43. The van der Waals surface area contributed by atoms with Gasteiger partial charge in [-0.25, -0.2) is 4.79 Å². The largest absolute Gasteiger partial charge is 0.423 e. The second-order valence-electron chi connectivity index (χ2n) is 5.99. The first kappa shape index (κ1) is 17.6. The van der Waals surface area contributed by atoms with E-state index in [0.29, 0.717) is 33.4 Å². The zero-order chi connectivity index (χ0) is 18.8. The van der Waals surface area contributed by atoms with Crippen LogP contribution in [-0.2, 0) is 6.42 Å². The molecule has 6 heteroatoms. The molecule has 0 saturated carbocycles. The minimum Gasteiger partial charge on any atom is -0.423 e. The fourth-order valence-electron chi connectivity index (χ4n) is 2.71. The Morgan fingerprint density at radius 1 is 0.926 bits per heavy atom. The Hall–Kier alpha value is -2.82. The minimum atomic E-state index is -0.466. The Bertz CT molecular complexity index is 1100. The maximum Gasteiger partial charge on any atom is 0.343 e. The SMILES string of the molecule is O=C(Oc1ccc2c(Cc3ccc(Cl)cc3)noc2c1)c1ccc(Cl)cc1. The van der Waals surface area contributed by atoms with Crippen LogP contribution in [0.3, 0.4) is 0 Å². The maximum atomic E-state index is 12.2. The molecular formula is C21H13Cl2NO3. The van der Waals surface area contributed by atoms with Crippen molar-refractivity contribution in [1.82, 2.24) is 5.16 Å². The lowest BCUT2D eigenvalue weighted by atomic mass is 10.1. The number of halogens is 2. The van der Waals surface area contributed by atoms with Crippen LogP contribution in [0.25, 0.3) is 11.0 Å². The molecule has 4 nitrogen and oxygen atoms in total. The predicted octanol–water partition coefficient (Wildman–Crippen LogP) is 5.94. The third-order valence-corrected chi connectivity index (χ3v) is 4.60. The molecule has 0 amide bonds. The highest BCUT2D eigenvalue weighted by Crippen LogP contribution is 2.26. The van der Waals surface area contributed by atoms with Crippen molar-refractivity contribution in [2.45, 2.75) is 6.42 Å². The molecule has 1 heterocycles. The number of ether oxygens (including phenoxy) is 1. The van der Waals surface area contributed by atoms with Gasteiger partial charge in [0.25, 0.3) is 0 Å². The molecular weight excluding hydrogens is 385 g/mol. The molecule has 0 radical (unpaired) electrons. The van der Waals surface area contributed by atoms with E-state index in [4.69, 9.17) is 32.5 Å². The molecule has 0 bridgehead atoms. The van der Waals surface area contributed by atoms with Gasteiger partial charge in [-0.3, -0.25) is 0 Å². The quantitative estimate of drug-likeness (QED) is 0.315. The van der Waals surface area contributed by atoms with Gasteiger partial charge in [-0.05, 0) is 54.1 Å². The summed E-state index contributed by atoms with van der Waals surface area (Å²) in [6, 6.07) is 19.3. The first-order valence-electron chi connectivity index (χ1n) is 8.19. The van der Waals surface area contributed by atoms with Gasteiger partial charge in [0.1, 0.15) is 5.75 Å². The molecule has 0 spiro atoms. The molecule has 0 atom stereocenters. The molecule has 0 fully saturated rings. The highest BCUT2D eigenvalue weighted by atomic mass is 35.5. The van der Waals surface area contributed by atoms with Crippen LogP contribution in [-0.4, -0.2) is 11.1 Å². The van der Waals surface area contributed by atoms with Gasteiger partial charge >= 0.3 is 5.97 Å². The Morgan fingerprint density at radius 2 is 1.59 bits per heavy atom. The van der Waals surface area contributed by atoms with E-state index in [1.807, 2.05) is 30.3 Å². The lowest BCUT2D eigenvalue weighted by molar-refractivity contribution is 0.0735. The van der Waals surface area contributed by atoms with Crippen molar-refractivity contribution in [2.75, 3.05) is 0 Å². The first-order valence-corrected chi connectivity index (χ1v) is 8.94. The number of rotatable bonds is 4. The maximum absolute atomic E-state index is 12.2. The summed E-state index contributed by atoms with van der Waals surface area (Å²) >= 11 is 11.7. The Kier molecular flexibility index (Phi) is 4.84.